The lowest BCUT2D eigenvalue weighted by molar-refractivity contribution is -0.165. The Morgan fingerprint density at radius 1 is 1.05 bits per heavy atom. The Morgan fingerprint density at radius 3 is 2.11 bits per heavy atom. The summed E-state index contributed by atoms with van der Waals surface area (Å²) in [5.74, 6) is 1.01. The number of carbonyl (C=O) groups excluding carboxylic acids is 3. The predicted octanol–water partition coefficient (Wildman–Crippen LogP) is 4.01. The Balaban J connectivity index is 0.00000159. The predicted molar refractivity (Wildman–Crippen MR) is 141 cm³/mol. The van der Waals surface area contributed by atoms with Gasteiger partial charge >= 0.3 is 6.47 Å². The lowest BCUT2D eigenvalue weighted by Crippen LogP contribution is -2.38. The number of carbonyl (C=O) groups is 3. The van der Waals surface area contributed by atoms with Gasteiger partial charge in [0, 0.05) is 30.4 Å². The number of para-hydroxylation sites is 1. The zero-order valence-corrected chi connectivity index (χ0v) is 21.4. The van der Waals surface area contributed by atoms with E-state index in [9.17, 15) is 14.1 Å². The van der Waals surface area contributed by atoms with Gasteiger partial charge in [0.05, 0.1) is 11.3 Å². The molecule has 2 rings (SSSR count). The molecule has 1 unspecified atom stereocenters. The maximum absolute atomic E-state index is 12.4. The third kappa shape index (κ3) is 9.69. The summed E-state index contributed by atoms with van der Waals surface area (Å²) in [5.41, 5.74) is 2.77. The molecule has 198 valence electrons. The largest absolute Gasteiger partial charge is 0.370 e. The molecule has 0 heterocycles. The van der Waals surface area contributed by atoms with E-state index in [1.165, 1.54) is 11.0 Å². The molecule has 0 bridgehead atoms. The fourth-order valence-electron chi connectivity index (χ4n) is 3.38. The van der Waals surface area contributed by atoms with Crippen molar-refractivity contribution in [3.63, 3.8) is 0 Å². The number of anilines is 1. The molecule has 0 aliphatic rings. The Bertz CT molecular complexity index is 1060. The Kier molecular flexibility index (Phi) is 15.0. The highest BCUT2D eigenvalue weighted by atomic mass is 19.3. The first-order valence-corrected chi connectivity index (χ1v) is 11.5. The van der Waals surface area contributed by atoms with Gasteiger partial charge < -0.3 is 15.4 Å². The van der Waals surface area contributed by atoms with Crippen molar-refractivity contribution in [2.45, 2.75) is 26.9 Å². The van der Waals surface area contributed by atoms with E-state index in [0.29, 0.717) is 48.1 Å². The Morgan fingerprint density at radius 2 is 1.65 bits per heavy atom. The number of aliphatic imine (C=N–C) groups is 1. The van der Waals surface area contributed by atoms with Gasteiger partial charge in [-0.3, -0.25) is 29.2 Å². The summed E-state index contributed by atoms with van der Waals surface area (Å²) in [6.45, 7) is 6.42. The molecule has 2 aromatic rings. The van der Waals surface area contributed by atoms with E-state index < -0.39 is 6.10 Å². The first-order chi connectivity index (χ1) is 18.0. The van der Waals surface area contributed by atoms with Crippen molar-refractivity contribution >= 4 is 30.7 Å². The van der Waals surface area contributed by atoms with Crippen LogP contribution in [0.1, 0.15) is 32.4 Å². The van der Waals surface area contributed by atoms with Crippen molar-refractivity contribution in [3.05, 3.63) is 89.4 Å². The fraction of sp³-hybridized carbons (Fsp3) is 0.259. The third-order valence-electron chi connectivity index (χ3n) is 4.83. The number of amidine groups is 1. The van der Waals surface area contributed by atoms with Crippen molar-refractivity contribution in [1.82, 2.24) is 10.6 Å². The normalized spacial score (nSPS) is 12.7. The Hall–Kier alpha value is -4.31. The van der Waals surface area contributed by atoms with Gasteiger partial charge in [0.1, 0.15) is 24.0 Å². The van der Waals surface area contributed by atoms with Gasteiger partial charge in [-0.1, -0.05) is 48.5 Å². The van der Waals surface area contributed by atoms with Gasteiger partial charge in [-0.25, -0.2) is 0 Å². The van der Waals surface area contributed by atoms with Crippen molar-refractivity contribution in [2.24, 2.45) is 4.99 Å². The van der Waals surface area contributed by atoms with E-state index in [2.05, 4.69) is 20.6 Å². The molecule has 0 fully saturated rings. The molecular weight excluding hydrogens is 479 g/mol. The maximum Gasteiger partial charge on any atom is 0.337 e. The van der Waals surface area contributed by atoms with Crippen LogP contribution in [0.25, 0.3) is 0 Å². The summed E-state index contributed by atoms with van der Waals surface area (Å²) in [5, 5.41) is 6.55. The van der Waals surface area contributed by atoms with Crippen LogP contribution in [0.3, 0.4) is 0 Å². The number of rotatable bonds is 13. The molecule has 2 aromatic carbocycles. The van der Waals surface area contributed by atoms with Gasteiger partial charge in [0.2, 0.25) is 6.41 Å². The van der Waals surface area contributed by atoms with Crippen LogP contribution < -0.4 is 15.5 Å². The zero-order chi connectivity index (χ0) is 27.5. The number of likely N-dealkylation sites (N-methyl/N-ethyl adjacent to an activating group) is 1. The second-order valence-electron chi connectivity index (χ2n) is 7.22. The minimum absolute atomic E-state index is 0.292. The molecule has 0 saturated carbocycles. The van der Waals surface area contributed by atoms with Crippen molar-refractivity contribution in [1.29, 1.82) is 0 Å². The van der Waals surface area contributed by atoms with Gasteiger partial charge in [0.25, 0.3) is 0 Å². The van der Waals surface area contributed by atoms with Gasteiger partial charge in [0.15, 0.2) is 0 Å². The van der Waals surface area contributed by atoms with Crippen LogP contribution in [0.4, 0.5) is 10.2 Å². The molecule has 37 heavy (non-hydrogen) atoms. The van der Waals surface area contributed by atoms with Crippen LogP contribution in [-0.4, -0.2) is 45.2 Å². The molecule has 0 saturated heterocycles. The number of halogens is 1. The summed E-state index contributed by atoms with van der Waals surface area (Å²) in [7, 11) is 1.69. The monoisotopic (exact) mass is 512 g/mol. The van der Waals surface area contributed by atoms with Crippen molar-refractivity contribution in [2.75, 3.05) is 25.1 Å². The highest BCUT2D eigenvalue weighted by Crippen LogP contribution is 2.31. The SMILES string of the molecule is CCNC(=NC)/C(=C(/N/C(C)=C/C=O)N(C=O)c1ccccc1)C(OCC)c1ccccc1.O=COF. The highest BCUT2D eigenvalue weighted by molar-refractivity contribution is 6.01. The smallest absolute Gasteiger partial charge is 0.337 e. The van der Waals surface area contributed by atoms with E-state index in [0.717, 1.165) is 12.0 Å². The highest BCUT2D eigenvalue weighted by Gasteiger charge is 2.29. The van der Waals surface area contributed by atoms with E-state index in [1.54, 1.807) is 14.0 Å². The summed E-state index contributed by atoms with van der Waals surface area (Å²) in [6, 6.07) is 19.0. The zero-order valence-electron chi connectivity index (χ0n) is 21.4. The molecule has 10 heteroatoms. The standard InChI is InChI=1S/C26H32N4O3.CHFO2/c1-5-28-25(27-4)23(24(33-6-2)21-13-9-7-10-14-21)26(29-20(3)17-18-31)30(19-32)22-15-11-8-12-16-22;2-4-1-3/h7-19,24,29H,5-6H2,1-4H3,(H,27,28);1H/b20-17+,26-23-;. The third-order valence-corrected chi connectivity index (χ3v) is 4.83. The molecule has 0 spiro atoms. The molecule has 2 N–H and O–H groups in total. The molecule has 0 aliphatic carbocycles. The minimum Gasteiger partial charge on any atom is -0.370 e. The van der Waals surface area contributed by atoms with Crippen LogP contribution in [0.2, 0.25) is 0 Å². The number of amides is 1. The van der Waals surface area contributed by atoms with Crippen LogP contribution in [0.5, 0.6) is 0 Å². The summed E-state index contributed by atoms with van der Waals surface area (Å²) < 4.78 is 16.1. The molecule has 1 atom stereocenters. The lowest BCUT2D eigenvalue weighted by Gasteiger charge is -2.30. The second-order valence-corrected chi connectivity index (χ2v) is 7.22. The van der Waals surface area contributed by atoms with Crippen LogP contribution in [-0.2, 0) is 24.1 Å². The average molecular weight is 513 g/mol. The van der Waals surface area contributed by atoms with E-state index in [-0.39, 0.29) is 6.47 Å². The quantitative estimate of drug-likeness (QED) is 0.181. The van der Waals surface area contributed by atoms with E-state index >= 15 is 0 Å². The molecule has 0 aliphatic heterocycles. The van der Waals surface area contributed by atoms with Gasteiger partial charge in [-0.15, -0.1) is 0 Å². The number of benzene rings is 2. The molecule has 0 radical (unpaired) electrons. The van der Waals surface area contributed by atoms with Gasteiger partial charge in [-0.05, 0) is 44.5 Å². The summed E-state index contributed by atoms with van der Waals surface area (Å²) >= 11 is 0. The van der Waals surface area contributed by atoms with Crippen LogP contribution >= 0.6 is 0 Å². The first kappa shape index (κ1) is 30.7. The van der Waals surface area contributed by atoms with Crippen LogP contribution in [0.15, 0.2) is 88.8 Å². The number of nitrogens with one attached hydrogen (secondary N) is 2. The van der Waals surface area contributed by atoms with Crippen LogP contribution in [0, 0.1) is 0 Å². The second kappa shape index (κ2) is 18.0. The topological polar surface area (TPSA) is 109 Å². The number of ether oxygens (including phenoxy) is 1. The lowest BCUT2D eigenvalue weighted by atomic mass is 9.99. The molecule has 0 aromatic heterocycles. The van der Waals surface area contributed by atoms with Gasteiger partial charge in [-0.2, -0.15) is 0 Å². The summed E-state index contributed by atoms with van der Waals surface area (Å²) in [4.78, 5) is 40.5. The van der Waals surface area contributed by atoms with E-state index in [4.69, 9.17) is 9.53 Å². The van der Waals surface area contributed by atoms with Crippen molar-refractivity contribution in [3.8, 4) is 0 Å². The minimum atomic E-state index is -0.536. The number of hydrogen-bond acceptors (Lipinski definition) is 7. The van der Waals surface area contributed by atoms with Crippen molar-refractivity contribution < 1.29 is 28.6 Å². The van der Waals surface area contributed by atoms with E-state index in [1.807, 2.05) is 74.5 Å². The average Bonchev–Trinajstić information content (AvgIpc) is 2.93. The summed E-state index contributed by atoms with van der Waals surface area (Å²) in [6.07, 6.45) is 2.30. The number of nitrogens with zero attached hydrogens (tertiary/aromatic N) is 2. The maximum atomic E-state index is 12.4. The number of hydrogen-bond donors (Lipinski definition) is 2. The number of allylic oxidation sites excluding steroid dienone is 2. The Labute approximate surface area is 216 Å². The molecular formula is C27H33FN4O5. The number of aldehydes is 1. The molecule has 1 amide bonds. The first-order valence-electron chi connectivity index (χ1n) is 11.5. The fourth-order valence-corrected chi connectivity index (χ4v) is 3.38. The molecule has 9 nitrogen and oxygen atoms in total.